The molecule has 1 heterocycles. The predicted octanol–water partition coefficient (Wildman–Crippen LogP) is 2.13. The highest BCUT2D eigenvalue weighted by atomic mass is 19.1. The standard InChI is InChI=1S/C11H13FO2/c1-8(11-7-14-11)13-6-9-2-4-10(12)5-3-9/h2-5,8,11H,6-7H2,1H3/t8-,11+/m1/s1. The molecule has 0 radical (unpaired) electrons. The summed E-state index contributed by atoms with van der Waals surface area (Å²) >= 11 is 0. The van der Waals surface area contributed by atoms with E-state index in [-0.39, 0.29) is 18.0 Å². The quantitative estimate of drug-likeness (QED) is 0.688. The van der Waals surface area contributed by atoms with Crippen molar-refractivity contribution in [3.63, 3.8) is 0 Å². The predicted molar refractivity (Wildman–Crippen MR) is 50.4 cm³/mol. The lowest BCUT2D eigenvalue weighted by Crippen LogP contribution is -2.14. The Kier molecular flexibility index (Phi) is 2.79. The van der Waals surface area contributed by atoms with E-state index in [9.17, 15) is 4.39 Å². The second kappa shape index (κ2) is 4.07. The normalized spacial score (nSPS) is 22.0. The Bertz CT molecular complexity index is 293. The lowest BCUT2D eigenvalue weighted by atomic mass is 10.2. The monoisotopic (exact) mass is 196 g/mol. The molecule has 0 aromatic heterocycles. The molecule has 14 heavy (non-hydrogen) atoms. The number of ether oxygens (including phenoxy) is 2. The second-order valence-electron chi connectivity index (χ2n) is 3.51. The van der Waals surface area contributed by atoms with Crippen LogP contribution in [-0.2, 0) is 16.1 Å². The van der Waals surface area contributed by atoms with Crippen LogP contribution in [0.2, 0.25) is 0 Å². The fourth-order valence-electron chi connectivity index (χ4n) is 1.24. The molecule has 0 spiro atoms. The summed E-state index contributed by atoms with van der Waals surface area (Å²) in [5.41, 5.74) is 0.985. The van der Waals surface area contributed by atoms with Gasteiger partial charge in [0, 0.05) is 0 Å². The molecule has 0 saturated carbocycles. The second-order valence-corrected chi connectivity index (χ2v) is 3.51. The highest BCUT2D eigenvalue weighted by Crippen LogP contribution is 2.17. The largest absolute Gasteiger partial charge is 0.371 e. The molecule has 0 bridgehead atoms. The third-order valence-electron chi connectivity index (χ3n) is 2.31. The Morgan fingerprint density at radius 3 is 2.71 bits per heavy atom. The first-order chi connectivity index (χ1) is 6.75. The van der Waals surface area contributed by atoms with Crippen LogP contribution in [0.15, 0.2) is 24.3 Å². The molecule has 0 amide bonds. The molecule has 0 N–H and O–H groups in total. The summed E-state index contributed by atoms with van der Waals surface area (Å²) in [5, 5.41) is 0. The van der Waals surface area contributed by atoms with Gasteiger partial charge in [-0.3, -0.25) is 0 Å². The number of halogens is 1. The molecule has 1 aliphatic heterocycles. The minimum Gasteiger partial charge on any atom is -0.371 e. The van der Waals surface area contributed by atoms with E-state index < -0.39 is 0 Å². The van der Waals surface area contributed by atoms with Crippen LogP contribution in [0.4, 0.5) is 4.39 Å². The maximum atomic E-state index is 12.6. The summed E-state index contributed by atoms with van der Waals surface area (Å²) in [6.07, 6.45) is 0.385. The van der Waals surface area contributed by atoms with Crippen LogP contribution in [0.3, 0.4) is 0 Å². The molecular weight excluding hydrogens is 183 g/mol. The molecule has 0 aliphatic carbocycles. The van der Waals surface area contributed by atoms with Gasteiger partial charge in [0.05, 0.1) is 19.3 Å². The smallest absolute Gasteiger partial charge is 0.123 e. The summed E-state index contributed by atoms with van der Waals surface area (Å²) in [4.78, 5) is 0. The third kappa shape index (κ3) is 2.53. The van der Waals surface area contributed by atoms with Gasteiger partial charge in [0.25, 0.3) is 0 Å². The highest BCUT2D eigenvalue weighted by molar-refractivity contribution is 5.15. The molecule has 1 fully saturated rings. The van der Waals surface area contributed by atoms with Crippen LogP contribution < -0.4 is 0 Å². The summed E-state index contributed by atoms with van der Waals surface area (Å²) < 4.78 is 23.2. The first-order valence-electron chi connectivity index (χ1n) is 4.73. The Balaban J connectivity index is 1.82. The molecular formula is C11H13FO2. The van der Waals surface area contributed by atoms with E-state index in [0.29, 0.717) is 6.61 Å². The summed E-state index contributed by atoms with van der Waals surface area (Å²) in [6.45, 7) is 3.30. The van der Waals surface area contributed by atoms with Gasteiger partial charge >= 0.3 is 0 Å². The van der Waals surface area contributed by atoms with Crippen molar-refractivity contribution in [3.8, 4) is 0 Å². The Labute approximate surface area is 82.6 Å². The zero-order valence-corrected chi connectivity index (χ0v) is 8.07. The van der Waals surface area contributed by atoms with E-state index >= 15 is 0 Å². The van der Waals surface area contributed by atoms with E-state index in [1.165, 1.54) is 12.1 Å². The molecule has 2 atom stereocenters. The van der Waals surface area contributed by atoms with Crippen molar-refractivity contribution in [2.75, 3.05) is 6.61 Å². The first-order valence-corrected chi connectivity index (χ1v) is 4.73. The van der Waals surface area contributed by atoms with Crippen LogP contribution in [0.5, 0.6) is 0 Å². The van der Waals surface area contributed by atoms with Gasteiger partial charge in [-0.25, -0.2) is 4.39 Å². The van der Waals surface area contributed by atoms with Crippen LogP contribution in [0.1, 0.15) is 12.5 Å². The first kappa shape index (κ1) is 9.62. The number of epoxide rings is 1. The summed E-state index contributed by atoms with van der Waals surface area (Å²) in [6, 6.07) is 6.35. The Morgan fingerprint density at radius 2 is 2.14 bits per heavy atom. The average molecular weight is 196 g/mol. The van der Waals surface area contributed by atoms with Gasteiger partial charge in [-0.2, -0.15) is 0 Å². The summed E-state index contributed by atoms with van der Waals surface area (Å²) in [5.74, 6) is -0.215. The van der Waals surface area contributed by atoms with Crippen molar-refractivity contribution in [3.05, 3.63) is 35.6 Å². The molecule has 76 valence electrons. The topological polar surface area (TPSA) is 21.8 Å². The number of benzene rings is 1. The molecule has 1 aliphatic rings. The van der Waals surface area contributed by atoms with Crippen molar-refractivity contribution in [1.82, 2.24) is 0 Å². The van der Waals surface area contributed by atoms with Crippen molar-refractivity contribution in [2.45, 2.75) is 25.7 Å². The van der Waals surface area contributed by atoms with E-state index in [2.05, 4.69) is 0 Å². The SMILES string of the molecule is C[C@@H](OCc1ccc(F)cc1)[C@@H]1CO1. The van der Waals surface area contributed by atoms with Gasteiger partial charge in [-0.05, 0) is 24.6 Å². The van der Waals surface area contributed by atoms with Gasteiger partial charge in [-0.1, -0.05) is 12.1 Å². The minimum absolute atomic E-state index is 0.125. The maximum absolute atomic E-state index is 12.6. The van der Waals surface area contributed by atoms with E-state index in [0.717, 1.165) is 12.2 Å². The zero-order chi connectivity index (χ0) is 9.97. The van der Waals surface area contributed by atoms with Gasteiger partial charge < -0.3 is 9.47 Å². The van der Waals surface area contributed by atoms with Crippen LogP contribution in [0.25, 0.3) is 0 Å². The Morgan fingerprint density at radius 1 is 1.50 bits per heavy atom. The van der Waals surface area contributed by atoms with Crippen LogP contribution in [-0.4, -0.2) is 18.8 Å². The lowest BCUT2D eigenvalue weighted by Gasteiger charge is -2.09. The van der Waals surface area contributed by atoms with Gasteiger partial charge in [0.2, 0.25) is 0 Å². The van der Waals surface area contributed by atoms with Crippen molar-refractivity contribution in [2.24, 2.45) is 0 Å². The Hall–Kier alpha value is -0.930. The van der Waals surface area contributed by atoms with Gasteiger partial charge in [0.1, 0.15) is 11.9 Å². The van der Waals surface area contributed by atoms with Crippen LogP contribution in [0, 0.1) is 5.82 Å². The fourth-order valence-corrected chi connectivity index (χ4v) is 1.24. The van der Waals surface area contributed by atoms with Crippen molar-refractivity contribution >= 4 is 0 Å². The van der Waals surface area contributed by atoms with Crippen molar-refractivity contribution in [1.29, 1.82) is 0 Å². The zero-order valence-electron chi connectivity index (χ0n) is 8.07. The summed E-state index contributed by atoms with van der Waals surface area (Å²) in [7, 11) is 0. The highest BCUT2D eigenvalue weighted by Gasteiger charge is 2.29. The number of hydrogen-bond donors (Lipinski definition) is 0. The average Bonchev–Trinajstić information content (AvgIpc) is 3.00. The number of rotatable bonds is 4. The van der Waals surface area contributed by atoms with E-state index in [1.54, 1.807) is 12.1 Å². The fraction of sp³-hybridized carbons (Fsp3) is 0.455. The van der Waals surface area contributed by atoms with E-state index in [4.69, 9.17) is 9.47 Å². The number of hydrogen-bond acceptors (Lipinski definition) is 2. The molecule has 2 rings (SSSR count). The molecule has 1 aromatic carbocycles. The van der Waals surface area contributed by atoms with E-state index in [1.807, 2.05) is 6.92 Å². The maximum Gasteiger partial charge on any atom is 0.123 e. The van der Waals surface area contributed by atoms with Crippen LogP contribution >= 0.6 is 0 Å². The third-order valence-corrected chi connectivity index (χ3v) is 2.31. The minimum atomic E-state index is -0.215. The van der Waals surface area contributed by atoms with Gasteiger partial charge in [0.15, 0.2) is 0 Å². The molecule has 2 nitrogen and oxygen atoms in total. The van der Waals surface area contributed by atoms with Crippen molar-refractivity contribution < 1.29 is 13.9 Å². The molecule has 0 unspecified atom stereocenters. The lowest BCUT2D eigenvalue weighted by molar-refractivity contribution is 0.0340. The molecule has 1 aromatic rings. The molecule has 3 heteroatoms. The molecule has 1 saturated heterocycles. The van der Waals surface area contributed by atoms with Gasteiger partial charge in [-0.15, -0.1) is 0 Å².